The fourth-order valence-electron chi connectivity index (χ4n) is 9.65. The maximum atomic E-state index is 6.56. The first-order valence-electron chi connectivity index (χ1n) is 20.5. The first kappa shape index (κ1) is 33.2. The van der Waals surface area contributed by atoms with Crippen LogP contribution in [0, 0.1) is 6.92 Å². The van der Waals surface area contributed by atoms with Gasteiger partial charge >= 0.3 is 0 Å². The number of hydrogen-bond donors (Lipinski definition) is 1. The molecule has 0 unspecified atom stereocenters. The number of benzene rings is 9. The highest BCUT2D eigenvalue weighted by atomic mass is 16.3. The Morgan fingerprint density at radius 2 is 1.23 bits per heavy atom. The zero-order valence-corrected chi connectivity index (χ0v) is 32.6. The molecule has 13 rings (SSSR count). The second kappa shape index (κ2) is 12.6. The molecule has 1 aliphatic rings. The van der Waals surface area contributed by atoms with Crippen molar-refractivity contribution in [1.29, 1.82) is 0 Å². The van der Waals surface area contributed by atoms with E-state index in [2.05, 4.69) is 180 Å². The van der Waals surface area contributed by atoms with Crippen molar-refractivity contribution >= 4 is 95.1 Å². The minimum Gasteiger partial charge on any atom is -0.436 e. The van der Waals surface area contributed by atoms with Crippen molar-refractivity contribution in [3.63, 3.8) is 0 Å². The second-order valence-corrected chi connectivity index (χ2v) is 15.9. The number of oxazole rings is 1. The Hall–Kier alpha value is -7.83. The molecule has 3 aromatic heterocycles. The lowest BCUT2D eigenvalue weighted by Crippen LogP contribution is -2.37. The lowest BCUT2D eigenvalue weighted by Gasteiger charge is -2.25. The van der Waals surface area contributed by atoms with E-state index in [1.807, 2.05) is 30.3 Å². The number of hydrogen-bond acceptors (Lipinski definition) is 3. The van der Waals surface area contributed by atoms with E-state index in [4.69, 9.17) is 9.40 Å². The largest absolute Gasteiger partial charge is 0.436 e. The molecule has 0 bridgehead atoms. The summed E-state index contributed by atoms with van der Waals surface area (Å²) in [6.45, 7) is 2.12. The third kappa shape index (κ3) is 4.85. The molecule has 1 radical (unpaired) electrons. The van der Waals surface area contributed by atoms with Gasteiger partial charge in [0.25, 0.3) is 0 Å². The zero-order valence-electron chi connectivity index (χ0n) is 32.6. The summed E-state index contributed by atoms with van der Waals surface area (Å²) in [6.07, 6.45) is 0. The van der Waals surface area contributed by atoms with Gasteiger partial charge in [0.2, 0.25) is 5.89 Å². The topological polar surface area (TPSA) is 47.9 Å². The monoisotopic (exact) mass is 765 g/mol. The van der Waals surface area contributed by atoms with Gasteiger partial charge in [-0.15, -0.1) is 0 Å². The Morgan fingerprint density at radius 1 is 0.550 bits per heavy atom. The number of fused-ring (bicyclic) bond motifs is 10. The molecule has 0 spiro atoms. The lowest BCUT2D eigenvalue weighted by molar-refractivity contribution is 0.619. The van der Waals surface area contributed by atoms with Crippen molar-refractivity contribution in [3.8, 4) is 34.0 Å². The highest BCUT2D eigenvalue weighted by Crippen LogP contribution is 2.44. The molecule has 0 amide bonds. The van der Waals surface area contributed by atoms with Crippen molar-refractivity contribution in [2.24, 2.45) is 0 Å². The molecule has 1 aliphatic heterocycles. The zero-order chi connectivity index (χ0) is 39.5. The molecular formula is C54H34BN4O. The smallest absolute Gasteiger partial charge is 0.227 e. The van der Waals surface area contributed by atoms with Crippen LogP contribution >= 0.6 is 0 Å². The highest BCUT2D eigenvalue weighted by Gasteiger charge is 2.31. The molecule has 5 nitrogen and oxygen atoms in total. The number of nitrogens with one attached hydrogen (secondary N) is 1. The molecule has 0 fully saturated rings. The molecule has 279 valence electrons. The molecule has 9 aromatic carbocycles. The van der Waals surface area contributed by atoms with Gasteiger partial charge in [0, 0.05) is 55.8 Å². The van der Waals surface area contributed by atoms with E-state index in [9.17, 15) is 0 Å². The normalized spacial score (nSPS) is 12.2. The van der Waals surface area contributed by atoms with Gasteiger partial charge in [0.15, 0.2) is 12.9 Å². The summed E-state index contributed by atoms with van der Waals surface area (Å²) in [5.41, 5.74) is 17.2. The second-order valence-electron chi connectivity index (χ2n) is 15.9. The number of aryl methyl sites for hydroxylation is 1. The molecule has 0 atom stereocenters. The molecule has 0 aliphatic carbocycles. The lowest BCUT2D eigenvalue weighted by atomic mass is 9.59. The van der Waals surface area contributed by atoms with E-state index in [-0.39, 0.29) is 0 Å². The van der Waals surface area contributed by atoms with Crippen LogP contribution in [0.4, 0.5) is 11.4 Å². The van der Waals surface area contributed by atoms with Gasteiger partial charge in [0.05, 0.1) is 27.8 Å². The molecule has 60 heavy (non-hydrogen) atoms. The first-order chi connectivity index (χ1) is 29.6. The summed E-state index contributed by atoms with van der Waals surface area (Å²) < 4.78 is 11.5. The van der Waals surface area contributed by atoms with E-state index in [1.54, 1.807) is 0 Å². The van der Waals surface area contributed by atoms with E-state index in [1.165, 1.54) is 48.9 Å². The first-order valence-corrected chi connectivity index (χ1v) is 20.5. The Morgan fingerprint density at radius 3 is 2.02 bits per heavy atom. The van der Waals surface area contributed by atoms with E-state index in [0.29, 0.717) is 5.89 Å². The van der Waals surface area contributed by atoms with Crippen LogP contribution in [-0.2, 0) is 0 Å². The van der Waals surface area contributed by atoms with Crippen LogP contribution in [0.25, 0.3) is 99.4 Å². The van der Waals surface area contributed by atoms with Crippen LogP contribution in [0.2, 0.25) is 0 Å². The molecule has 1 N–H and O–H groups in total. The summed E-state index contributed by atoms with van der Waals surface area (Å²) in [6, 6.07) is 65.4. The predicted molar refractivity (Wildman–Crippen MR) is 251 cm³/mol. The third-order valence-corrected chi connectivity index (χ3v) is 12.4. The Balaban J connectivity index is 1.19. The summed E-state index contributed by atoms with van der Waals surface area (Å²) in [4.78, 5) is 5.03. The number of aromatic nitrogens is 3. The highest BCUT2D eigenvalue weighted by molar-refractivity contribution is 6.74. The fourth-order valence-corrected chi connectivity index (χ4v) is 9.65. The van der Waals surface area contributed by atoms with E-state index in [0.717, 1.165) is 72.5 Å². The molecule has 0 saturated carbocycles. The summed E-state index contributed by atoms with van der Waals surface area (Å²) >= 11 is 0. The average molecular weight is 766 g/mol. The molecule has 4 heterocycles. The number of para-hydroxylation sites is 3. The van der Waals surface area contributed by atoms with Crippen molar-refractivity contribution in [2.75, 3.05) is 5.32 Å². The molecular weight excluding hydrogens is 731 g/mol. The van der Waals surface area contributed by atoms with Crippen LogP contribution in [0.5, 0.6) is 0 Å². The van der Waals surface area contributed by atoms with Gasteiger partial charge in [-0.1, -0.05) is 120 Å². The van der Waals surface area contributed by atoms with Crippen LogP contribution < -0.4 is 16.2 Å². The van der Waals surface area contributed by atoms with Crippen molar-refractivity contribution in [3.05, 3.63) is 188 Å². The number of anilines is 2. The van der Waals surface area contributed by atoms with Gasteiger partial charge in [0.1, 0.15) is 5.52 Å². The molecule has 12 aromatic rings. The Bertz CT molecular complexity index is 3670. The number of nitrogens with zero attached hydrogens (tertiary/aromatic N) is 3. The summed E-state index contributed by atoms with van der Waals surface area (Å²) in [5, 5.41) is 11.1. The summed E-state index contributed by atoms with van der Waals surface area (Å²) in [7, 11) is 2.38. The van der Waals surface area contributed by atoms with Crippen molar-refractivity contribution in [2.45, 2.75) is 6.92 Å². The van der Waals surface area contributed by atoms with Gasteiger partial charge in [-0.3, -0.25) is 0 Å². The Kier molecular flexibility index (Phi) is 6.96. The van der Waals surface area contributed by atoms with Crippen LogP contribution in [0.3, 0.4) is 0 Å². The molecule has 0 saturated heterocycles. The number of rotatable bonds is 5. The predicted octanol–water partition coefficient (Wildman–Crippen LogP) is 12.5. The van der Waals surface area contributed by atoms with Gasteiger partial charge < -0.3 is 18.9 Å². The Labute approximate surface area is 346 Å². The fraction of sp³-hybridized carbons (Fsp3) is 0.0185. The maximum absolute atomic E-state index is 6.56. The standard InChI is InChI=1S/C54H34BN4O/c1-32-23-25-36(26-24-32)56-43-20-10-7-17-37(43)40-29-49(58-45-21-11-8-18-38(45)39-19-9-12-22-46(39)58)51-41-27-34-15-5-6-16-35(34)28-47(41)59-48-31-50-44(30-42(48)55-52(40)53(51)59)57-54(60-50)33-13-3-2-4-14-33/h2-31,56H,1H3. The van der Waals surface area contributed by atoms with E-state index < -0.39 is 0 Å². The van der Waals surface area contributed by atoms with Gasteiger partial charge in [-0.25, -0.2) is 4.98 Å². The van der Waals surface area contributed by atoms with Crippen LogP contribution in [-0.4, -0.2) is 21.4 Å². The van der Waals surface area contributed by atoms with Crippen molar-refractivity contribution in [1.82, 2.24) is 14.1 Å². The quantitative estimate of drug-likeness (QED) is 0.178. The maximum Gasteiger partial charge on any atom is 0.227 e. The van der Waals surface area contributed by atoms with Crippen LogP contribution in [0.1, 0.15) is 5.56 Å². The minimum atomic E-state index is 0.615. The van der Waals surface area contributed by atoms with Gasteiger partial charge in [-0.05, 0) is 95.5 Å². The third-order valence-electron chi connectivity index (χ3n) is 12.4. The van der Waals surface area contributed by atoms with E-state index >= 15 is 0 Å². The molecule has 6 heteroatoms. The van der Waals surface area contributed by atoms with Crippen molar-refractivity contribution < 1.29 is 4.42 Å². The SMILES string of the molecule is Cc1ccc(Nc2ccccc2-c2cc(-n3c4ccccc4c4ccccc43)c3c4cc5ccccc5cc4n4c3c2[B]c2cc3nc(-c5ccccc5)oc3cc2-4)cc1. The van der Waals surface area contributed by atoms with Crippen LogP contribution in [0.15, 0.2) is 186 Å². The average Bonchev–Trinajstić information content (AvgIpc) is 3.97. The summed E-state index contributed by atoms with van der Waals surface area (Å²) in [5.74, 6) is 0.615. The minimum absolute atomic E-state index is 0.615. The van der Waals surface area contributed by atoms with Gasteiger partial charge in [-0.2, -0.15) is 0 Å².